The number of fused-ring (bicyclic) bond motifs is 1. The normalized spacial score (nSPS) is 19.5. The molecule has 2 N–H and O–H groups in total. The number of hydrogen-bond donors (Lipinski definition) is 2. The van der Waals surface area contributed by atoms with E-state index in [0.717, 1.165) is 31.4 Å². The second kappa shape index (κ2) is 8.71. The molecular weight excluding hydrogens is 372 g/mol. The van der Waals surface area contributed by atoms with E-state index in [-0.39, 0.29) is 18.1 Å². The fourth-order valence-corrected chi connectivity index (χ4v) is 3.70. The van der Waals surface area contributed by atoms with Crippen molar-refractivity contribution in [2.24, 2.45) is 0 Å². The molecule has 0 spiro atoms. The zero-order chi connectivity index (χ0) is 20.2. The number of amides is 1. The summed E-state index contributed by atoms with van der Waals surface area (Å²) >= 11 is 0. The van der Waals surface area contributed by atoms with E-state index in [1.807, 2.05) is 13.0 Å². The van der Waals surface area contributed by atoms with Gasteiger partial charge in [0.15, 0.2) is 5.69 Å². The van der Waals surface area contributed by atoms with Gasteiger partial charge in [-0.05, 0) is 38.7 Å². The molecule has 9 heteroatoms. The molecule has 0 aromatic carbocycles. The van der Waals surface area contributed by atoms with Gasteiger partial charge in [-0.2, -0.15) is 0 Å². The summed E-state index contributed by atoms with van der Waals surface area (Å²) in [4.78, 5) is 29.3. The number of imidazole rings is 1. The molecule has 3 aromatic rings. The number of aromatic amines is 1. The highest BCUT2D eigenvalue weighted by molar-refractivity contribution is 6.03. The number of rotatable bonds is 7. The third kappa shape index (κ3) is 4.30. The van der Waals surface area contributed by atoms with Crippen molar-refractivity contribution in [1.29, 1.82) is 0 Å². The summed E-state index contributed by atoms with van der Waals surface area (Å²) < 4.78 is 12.6. The molecule has 1 fully saturated rings. The molecule has 0 unspecified atom stereocenters. The number of nitrogens with one attached hydrogen (secondary N) is 2. The molecule has 154 valence electrons. The van der Waals surface area contributed by atoms with Gasteiger partial charge in [-0.1, -0.05) is 0 Å². The maximum Gasteiger partial charge on any atom is 0.272 e. The average molecular weight is 398 g/mol. The molecule has 1 saturated carbocycles. The van der Waals surface area contributed by atoms with Gasteiger partial charge in [0.05, 0.1) is 30.4 Å². The highest BCUT2D eigenvalue weighted by atomic mass is 16.5. The number of aromatic nitrogens is 5. The number of nitrogens with zero attached hydrogens (tertiary/aromatic N) is 4. The highest BCUT2D eigenvalue weighted by Crippen LogP contribution is 2.22. The van der Waals surface area contributed by atoms with E-state index < -0.39 is 0 Å². The molecular formula is C20H26N6O3. The van der Waals surface area contributed by atoms with E-state index >= 15 is 0 Å². The van der Waals surface area contributed by atoms with Crippen LogP contribution in [0, 0.1) is 6.92 Å². The Labute approximate surface area is 168 Å². The standard InChI is InChI=1S/C20H26N6O3/c1-13-11-21-12-26(13)20-24-16-7-8-22-17(16)18(25-20)19(27)23-14-3-5-15(6-4-14)29-10-9-28-2/h7-8,11-12,14-15,22H,3-6,9-10H2,1-2H3,(H,23,27). The largest absolute Gasteiger partial charge is 0.382 e. The van der Waals surface area contributed by atoms with Crippen LogP contribution in [0.15, 0.2) is 24.8 Å². The first kappa shape index (κ1) is 19.5. The van der Waals surface area contributed by atoms with Crippen LogP contribution < -0.4 is 5.32 Å². The monoisotopic (exact) mass is 398 g/mol. The lowest BCUT2D eigenvalue weighted by Gasteiger charge is -2.29. The van der Waals surface area contributed by atoms with Gasteiger partial charge in [0.25, 0.3) is 5.91 Å². The zero-order valence-electron chi connectivity index (χ0n) is 16.7. The topological polar surface area (TPSA) is 107 Å². The third-order valence-corrected chi connectivity index (χ3v) is 5.30. The van der Waals surface area contributed by atoms with Gasteiger partial charge >= 0.3 is 0 Å². The van der Waals surface area contributed by atoms with Crippen molar-refractivity contribution >= 4 is 16.9 Å². The summed E-state index contributed by atoms with van der Waals surface area (Å²) in [6.45, 7) is 3.14. The quantitative estimate of drug-likeness (QED) is 0.591. The summed E-state index contributed by atoms with van der Waals surface area (Å²) in [6, 6.07) is 1.95. The molecule has 1 aliphatic carbocycles. The van der Waals surface area contributed by atoms with E-state index in [9.17, 15) is 4.79 Å². The predicted octanol–water partition coefficient (Wildman–Crippen LogP) is 2.16. The Kier molecular flexibility index (Phi) is 5.86. The lowest BCUT2D eigenvalue weighted by Crippen LogP contribution is -2.39. The minimum absolute atomic E-state index is 0.114. The van der Waals surface area contributed by atoms with Crippen LogP contribution in [-0.2, 0) is 9.47 Å². The molecule has 4 rings (SSSR count). The number of carbonyl (C=O) groups is 1. The first-order chi connectivity index (χ1) is 14.2. The van der Waals surface area contributed by atoms with Crippen LogP contribution in [0.2, 0.25) is 0 Å². The second-order valence-corrected chi connectivity index (χ2v) is 7.33. The molecule has 0 radical (unpaired) electrons. The third-order valence-electron chi connectivity index (χ3n) is 5.30. The van der Waals surface area contributed by atoms with Crippen LogP contribution in [0.3, 0.4) is 0 Å². The maximum absolute atomic E-state index is 13.0. The van der Waals surface area contributed by atoms with Crippen LogP contribution in [0.4, 0.5) is 0 Å². The molecule has 0 aliphatic heterocycles. The van der Waals surface area contributed by atoms with Crippen LogP contribution in [-0.4, -0.2) is 62.9 Å². The smallest absolute Gasteiger partial charge is 0.272 e. The first-order valence-corrected chi connectivity index (χ1v) is 9.91. The number of hydrogen-bond acceptors (Lipinski definition) is 6. The molecule has 29 heavy (non-hydrogen) atoms. The Bertz CT molecular complexity index is 974. The maximum atomic E-state index is 13.0. The van der Waals surface area contributed by atoms with Crippen molar-refractivity contribution < 1.29 is 14.3 Å². The van der Waals surface area contributed by atoms with Crippen LogP contribution in [0.1, 0.15) is 41.9 Å². The van der Waals surface area contributed by atoms with Gasteiger partial charge in [-0.25, -0.2) is 15.0 Å². The zero-order valence-corrected chi connectivity index (χ0v) is 16.7. The van der Waals surface area contributed by atoms with Gasteiger partial charge in [0.1, 0.15) is 6.33 Å². The minimum atomic E-state index is -0.192. The van der Waals surface area contributed by atoms with Gasteiger partial charge in [-0.15, -0.1) is 0 Å². The van der Waals surface area contributed by atoms with Gasteiger partial charge in [0.2, 0.25) is 5.95 Å². The van der Waals surface area contributed by atoms with E-state index in [0.29, 0.717) is 35.9 Å². The van der Waals surface area contributed by atoms with Crippen molar-refractivity contribution in [2.75, 3.05) is 20.3 Å². The summed E-state index contributed by atoms with van der Waals surface area (Å²) in [6.07, 6.45) is 9.01. The van der Waals surface area contributed by atoms with Crippen LogP contribution in [0.5, 0.6) is 0 Å². The number of ether oxygens (including phenoxy) is 2. The van der Waals surface area contributed by atoms with E-state index in [2.05, 4.69) is 25.3 Å². The fourth-order valence-electron chi connectivity index (χ4n) is 3.70. The molecule has 3 aromatic heterocycles. The van der Waals surface area contributed by atoms with Crippen LogP contribution >= 0.6 is 0 Å². The Morgan fingerprint density at radius 1 is 1.28 bits per heavy atom. The van der Waals surface area contributed by atoms with Gasteiger partial charge in [-0.3, -0.25) is 9.36 Å². The van der Waals surface area contributed by atoms with E-state index in [1.165, 1.54) is 0 Å². The SMILES string of the molecule is COCCOC1CCC(NC(=O)c2nc(-n3cncc3C)nc3cc[nH]c23)CC1. The molecule has 3 heterocycles. The molecule has 0 atom stereocenters. The summed E-state index contributed by atoms with van der Waals surface area (Å²) in [5.74, 6) is 0.245. The summed E-state index contributed by atoms with van der Waals surface area (Å²) in [5.41, 5.74) is 2.59. The number of methoxy groups -OCH3 is 1. The fraction of sp³-hybridized carbons (Fsp3) is 0.500. The van der Waals surface area contributed by atoms with Crippen molar-refractivity contribution in [1.82, 2.24) is 29.8 Å². The first-order valence-electron chi connectivity index (χ1n) is 9.91. The van der Waals surface area contributed by atoms with E-state index in [1.54, 1.807) is 30.4 Å². The molecule has 1 aliphatic rings. The lowest BCUT2D eigenvalue weighted by atomic mass is 9.93. The Morgan fingerprint density at radius 2 is 2.10 bits per heavy atom. The Morgan fingerprint density at radius 3 is 2.83 bits per heavy atom. The van der Waals surface area contributed by atoms with Crippen LogP contribution in [0.25, 0.3) is 17.0 Å². The van der Waals surface area contributed by atoms with E-state index in [4.69, 9.17) is 9.47 Å². The van der Waals surface area contributed by atoms with Crippen molar-refractivity contribution in [3.8, 4) is 5.95 Å². The molecule has 1 amide bonds. The number of aryl methyl sites for hydroxylation is 1. The Hall–Kier alpha value is -2.78. The van der Waals surface area contributed by atoms with Gasteiger partial charge < -0.3 is 19.8 Å². The van der Waals surface area contributed by atoms with Crippen molar-refractivity contribution in [3.05, 3.63) is 36.2 Å². The van der Waals surface area contributed by atoms with Gasteiger partial charge in [0, 0.05) is 31.2 Å². The second-order valence-electron chi connectivity index (χ2n) is 7.33. The molecule has 0 saturated heterocycles. The predicted molar refractivity (Wildman–Crippen MR) is 107 cm³/mol. The summed E-state index contributed by atoms with van der Waals surface area (Å²) in [7, 11) is 1.67. The lowest BCUT2D eigenvalue weighted by molar-refractivity contribution is -0.00409. The number of H-pyrrole nitrogens is 1. The summed E-state index contributed by atoms with van der Waals surface area (Å²) in [5, 5.41) is 3.14. The van der Waals surface area contributed by atoms with Crippen molar-refractivity contribution in [3.63, 3.8) is 0 Å². The Balaban J connectivity index is 1.46. The number of carbonyl (C=O) groups excluding carboxylic acids is 1. The van der Waals surface area contributed by atoms with Crippen molar-refractivity contribution in [2.45, 2.75) is 44.8 Å². The minimum Gasteiger partial charge on any atom is -0.382 e. The molecule has 9 nitrogen and oxygen atoms in total. The average Bonchev–Trinajstić information content (AvgIpc) is 3.37. The highest BCUT2D eigenvalue weighted by Gasteiger charge is 2.25. The molecule has 0 bridgehead atoms.